The summed E-state index contributed by atoms with van der Waals surface area (Å²) < 4.78 is 5.20. The molecule has 0 spiro atoms. The average Bonchev–Trinajstić information content (AvgIpc) is 3.28. The highest BCUT2D eigenvalue weighted by Gasteiger charge is 2.25. The lowest BCUT2D eigenvalue weighted by Gasteiger charge is -2.21. The third-order valence-corrected chi connectivity index (χ3v) is 3.95. The second kappa shape index (κ2) is 6.92. The molecule has 1 unspecified atom stereocenters. The van der Waals surface area contributed by atoms with Gasteiger partial charge in [0.1, 0.15) is 5.75 Å². The molecular weight excluding hydrogens is 236 g/mol. The van der Waals surface area contributed by atoms with Gasteiger partial charge in [0, 0.05) is 25.2 Å². The normalized spacial score (nSPS) is 16.6. The molecule has 0 aromatic heterocycles. The maximum atomic E-state index is 5.20. The van der Waals surface area contributed by atoms with Crippen molar-refractivity contribution in [2.45, 2.75) is 38.3 Å². The van der Waals surface area contributed by atoms with E-state index in [4.69, 9.17) is 4.74 Å². The molecule has 0 bridgehead atoms. The van der Waals surface area contributed by atoms with Crippen molar-refractivity contribution in [1.82, 2.24) is 10.2 Å². The van der Waals surface area contributed by atoms with Gasteiger partial charge in [0.2, 0.25) is 0 Å². The summed E-state index contributed by atoms with van der Waals surface area (Å²) >= 11 is 0. The Hall–Kier alpha value is -1.06. The second-order valence-electron chi connectivity index (χ2n) is 5.40. The molecule has 1 aromatic carbocycles. The zero-order valence-corrected chi connectivity index (χ0v) is 12.4. The number of likely N-dealkylation sites (N-methyl/N-ethyl adjacent to an activating group) is 1. The van der Waals surface area contributed by atoms with Crippen LogP contribution in [0.15, 0.2) is 24.3 Å². The Balaban J connectivity index is 1.80. The number of nitrogens with one attached hydrogen (secondary N) is 1. The van der Waals surface area contributed by atoms with Crippen LogP contribution in [0.1, 0.15) is 37.8 Å². The van der Waals surface area contributed by atoms with Gasteiger partial charge in [-0.15, -0.1) is 0 Å². The van der Waals surface area contributed by atoms with Crippen molar-refractivity contribution in [3.63, 3.8) is 0 Å². The number of ether oxygens (including phenoxy) is 1. The molecule has 1 fully saturated rings. The van der Waals surface area contributed by atoms with Crippen molar-refractivity contribution >= 4 is 0 Å². The molecule has 1 aliphatic carbocycles. The van der Waals surface area contributed by atoms with Gasteiger partial charge in [-0.3, -0.25) is 0 Å². The van der Waals surface area contributed by atoms with E-state index in [1.54, 1.807) is 7.11 Å². The fourth-order valence-electron chi connectivity index (χ4n) is 2.45. The van der Waals surface area contributed by atoms with Gasteiger partial charge in [0.15, 0.2) is 0 Å². The first-order chi connectivity index (χ1) is 9.24. The lowest BCUT2D eigenvalue weighted by molar-refractivity contribution is 0.313. The van der Waals surface area contributed by atoms with Gasteiger partial charge in [-0.2, -0.15) is 0 Å². The molecule has 3 heteroatoms. The van der Waals surface area contributed by atoms with Crippen LogP contribution in [-0.4, -0.2) is 38.2 Å². The Kier molecular flexibility index (Phi) is 5.23. The van der Waals surface area contributed by atoms with E-state index < -0.39 is 0 Å². The Morgan fingerprint density at radius 3 is 2.53 bits per heavy atom. The van der Waals surface area contributed by atoms with Crippen molar-refractivity contribution in [3.05, 3.63) is 29.8 Å². The second-order valence-corrected chi connectivity index (χ2v) is 5.40. The first-order valence-corrected chi connectivity index (χ1v) is 7.32. The Morgan fingerprint density at radius 2 is 2.00 bits per heavy atom. The van der Waals surface area contributed by atoms with Gasteiger partial charge >= 0.3 is 0 Å². The fourth-order valence-corrected chi connectivity index (χ4v) is 2.45. The highest BCUT2D eigenvalue weighted by atomic mass is 16.5. The molecular formula is C16H26N2O. The highest BCUT2D eigenvalue weighted by Crippen LogP contribution is 2.25. The fraction of sp³-hybridized carbons (Fsp3) is 0.625. The van der Waals surface area contributed by atoms with Gasteiger partial charge in [-0.1, -0.05) is 19.1 Å². The highest BCUT2D eigenvalue weighted by molar-refractivity contribution is 5.29. The molecule has 2 rings (SSSR count). The maximum Gasteiger partial charge on any atom is 0.118 e. The lowest BCUT2D eigenvalue weighted by Crippen LogP contribution is -2.32. The molecule has 106 valence electrons. The van der Waals surface area contributed by atoms with Gasteiger partial charge < -0.3 is 15.0 Å². The smallest absolute Gasteiger partial charge is 0.118 e. The predicted molar refractivity (Wildman–Crippen MR) is 79.7 cm³/mol. The monoisotopic (exact) mass is 262 g/mol. The van der Waals surface area contributed by atoms with Crippen molar-refractivity contribution < 1.29 is 4.74 Å². The quantitative estimate of drug-likeness (QED) is 0.779. The average molecular weight is 262 g/mol. The van der Waals surface area contributed by atoms with Gasteiger partial charge in [-0.05, 0) is 44.0 Å². The first kappa shape index (κ1) is 14.4. The summed E-state index contributed by atoms with van der Waals surface area (Å²) in [6.45, 7) is 4.42. The number of hydrogen-bond acceptors (Lipinski definition) is 3. The molecule has 0 heterocycles. The van der Waals surface area contributed by atoms with E-state index in [1.807, 2.05) is 12.1 Å². The summed E-state index contributed by atoms with van der Waals surface area (Å²) in [5, 5.41) is 3.65. The molecule has 1 saturated carbocycles. The van der Waals surface area contributed by atoms with Crippen LogP contribution in [0.2, 0.25) is 0 Å². The summed E-state index contributed by atoms with van der Waals surface area (Å²) in [6, 6.07) is 9.68. The molecule has 0 saturated heterocycles. The van der Waals surface area contributed by atoms with E-state index in [9.17, 15) is 0 Å². The van der Waals surface area contributed by atoms with Crippen molar-refractivity contribution in [2.75, 3.05) is 27.2 Å². The van der Waals surface area contributed by atoms with Gasteiger partial charge in [0.05, 0.1) is 7.11 Å². The minimum Gasteiger partial charge on any atom is -0.497 e. The molecule has 1 aromatic rings. The van der Waals surface area contributed by atoms with E-state index >= 15 is 0 Å². The summed E-state index contributed by atoms with van der Waals surface area (Å²) in [5.74, 6) is 0.923. The SMILES string of the molecule is CCC(NCCN(C)C1CC1)c1ccc(OC)cc1. The largest absolute Gasteiger partial charge is 0.497 e. The van der Waals surface area contributed by atoms with Crippen LogP contribution < -0.4 is 10.1 Å². The van der Waals surface area contributed by atoms with Crippen LogP contribution in [-0.2, 0) is 0 Å². The lowest BCUT2D eigenvalue weighted by atomic mass is 10.0. The van der Waals surface area contributed by atoms with Gasteiger partial charge in [0.25, 0.3) is 0 Å². The maximum absolute atomic E-state index is 5.20. The van der Waals surface area contributed by atoms with Crippen LogP contribution in [0.5, 0.6) is 5.75 Å². The zero-order valence-electron chi connectivity index (χ0n) is 12.4. The number of hydrogen-bond donors (Lipinski definition) is 1. The summed E-state index contributed by atoms with van der Waals surface area (Å²) in [4.78, 5) is 2.47. The Morgan fingerprint density at radius 1 is 1.32 bits per heavy atom. The number of nitrogens with zero attached hydrogens (tertiary/aromatic N) is 1. The minimum atomic E-state index is 0.443. The molecule has 3 nitrogen and oxygen atoms in total. The van der Waals surface area contributed by atoms with E-state index in [2.05, 4.69) is 36.3 Å². The van der Waals surface area contributed by atoms with Crippen LogP contribution in [0.4, 0.5) is 0 Å². The van der Waals surface area contributed by atoms with Crippen LogP contribution in [0.25, 0.3) is 0 Å². The van der Waals surface area contributed by atoms with E-state index in [0.717, 1.165) is 31.3 Å². The number of benzene rings is 1. The summed E-state index contributed by atoms with van der Waals surface area (Å²) in [6.07, 6.45) is 3.87. The van der Waals surface area contributed by atoms with Crippen LogP contribution >= 0.6 is 0 Å². The molecule has 0 amide bonds. The number of rotatable bonds is 8. The van der Waals surface area contributed by atoms with Gasteiger partial charge in [-0.25, -0.2) is 0 Å². The molecule has 1 atom stereocenters. The van der Waals surface area contributed by atoms with E-state index in [0.29, 0.717) is 6.04 Å². The predicted octanol–water partition coefficient (Wildman–Crippen LogP) is 2.83. The first-order valence-electron chi connectivity index (χ1n) is 7.32. The Labute approximate surface area is 116 Å². The molecule has 0 radical (unpaired) electrons. The standard InChI is InChI=1S/C16H26N2O/c1-4-16(13-5-9-15(19-3)10-6-13)17-11-12-18(2)14-7-8-14/h5-6,9-10,14,16-17H,4,7-8,11-12H2,1-3H3. The third kappa shape index (κ3) is 4.22. The molecule has 19 heavy (non-hydrogen) atoms. The van der Waals surface area contributed by atoms with Crippen LogP contribution in [0, 0.1) is 0 Å². The zero-order chi connectivity index (χ0) is 13.7. The molecule has 1 N–H and O–H groups in total. The van der Waals surface area contributed by atoms with E-state index in [-0.39, 0.29) is 0 Å². The Bertz CT molecular complexity index is 373. The third-order valence-electron chi connectivity index (χ3n) is 3.95. The molecule has 1 aliphatic rings. The van der Waals surface area contributed by atoms with Crippen molar-refractivity contribution in [2.24, 2.45) is 0 Å². The molecule has 0 aliphatic heterocycles. The van der Waals surface area contributed by atoms with Crippen LogP contribution in [0.3, 0.4) is 0 Å². The number of methoxy groups -OCH3 is 1. The van der Waals surface area contributed by atoms with E-state index in [1.165, 1.54) is 18.4 Å². The topological polar surface area (TPSA) is 24.5 Å². The summed E-state index contributed by atoms with van der Waals surface area (Å²) in [5.41, 5.74) is 1.34. The van der Waals surface area contributed by atoms with Crippen molar-refractivity contribution in [1.29, 1.82) is 0 Å². The summed E-state index contributed by atoms with van der Waals surface area (Å²) in [7, 11) is 3.94. The van der Waals surface area contributed by atoms with Crippen molar-refractivity contribution in [3.8, 4) is 5.75 Å². The minimum absolute atomic E-state index is 0.443.